The molecule has 0 amide bonds. The lowest BCUT2D eigenvalue weighted by Crippen LogP contribution is -2.01. The zero-order valence-corrected chi connectivity index (χ0v) is 9.01. The molecule has 0 aromatic carbocycles. The van der Waals surface area contributed by atoms with Crippen LogP contribution in [0, 0.1) is 0 Å². The van der Waals surface area contributed by atoms with Gasteiger partial charge in [-0.05, 0) is 6.42 Å². The van der Waals surface area contributed by atoms with E-state index in [4.69, 9.17) is 4.74 Å². The van der Waals surface area contributed by atoms with Crippen molar-refractivity contribution in [2.45, 2.75) is 45.4 Å². The summed E-state index contributed by atoms with van der Waals surface area (Å²) in [4.78, 5) is 4.64. The summed E-state index contributed by atoms with van der Waals surface area (Å²) in [6.07, 6.45) is 7.18. The third kappa shape index (κ3) is 7.62. The second-order valence-corrected chi connectivity index (χ2v) is 3.04. The fourth-order valence-corrected chi connectivity index (χ4v) is 1.17. The van der Waals surface area contributed by atoms with Crippen molar-refractivity contribution < 1.29 is 9.57 Å². The van der Waals surface area contributed by atoms with E-state index in [2.05, 4.69) is 16.9 Å². The average molecular weight is 187 g/mol. The van der Waals surface area contributed by atoms with Crippen LogP contribution in [-0.2, 0) is 9.57 Å². The van der Waals surface area contributed by atoms with Crippen LogP contribution in [0.1, 0.15) is 45.4 Å². The van der Waals surface area contributed by atoms with Crippen molar-refractivity contribution in [3.63, 3.8) is 0 Å². The Bertz CT molecular complexity index is 135. The third-order valence-corrected chi connectivity index (χ3v) is 1.92. The Balaban J connectivity index is 3.33. The molecule has 3 heteroatoms. The molecule has 0 radical (unpaired) electrons. The topological polar surface area (TPSA) is 30.8 Å². The maximum atomic E-state index is 5.02. The number of methoxy groups -OCH3 is 1. The van der Waals surface area contributed by atoms with E-state index in [9.17, 15) is 0 Å². The molecular weight excluding hydrogens is 166 g/mol. The van der Waals surface area contributed by atoms with Crippen molar-refractivity contribution in [3.8, 4) is 0 Å². The van der Waals surface area contributed by atoms with Gasteiger partial charge in [0, 0.05) is 6.42 Å². The van der Waals surface area contributed by atoms with E-state index < -0.39 is 0 Å². The second-order valence-electron chi connectivity index (χ2n) is 3.04. The summed E-state index contributed by atoms with van der Waals surface area (Å²) in [5.74, 6) is 0.694. The van der Waals surface area contributed by atoms with Crippen LogP contribution in [-0.4, -0.2) is 20.1 Å². The molecule has 0 fully saturated rings. The van der Waals surface area contributed by atoms with Gasteiger partial charge in [-0.2, -0.15) is 0 Å². The largest absolute Gasteiger partial charge is 0.482 e. The number of rotatable bonds is 7. The van der Waals surface area contributed by atoms with Crippen LogP contribution in [0.3, 0.4) is 0 Å². The molecule has 0 spiro atoms. The van der Waals surface area contributed by atoms with Crippen LogP contribution < -0.4 is 0 Å². The summed E-state index contributed by atoms with van der Waals surface area (Å²) in [5, 5.41) is 3.75. The Morgan fingerprint density at radius 3 is 2.31 bits per heavy atom. The fraction of sp³-hybridized carbons (Fsp3) is 0.900. The van der Waals surface area contributed by atoms with Gasteiger partial charge in [-0.15, -0.1) is 0 Å². The highest BCUT2D eigenvalue weighted by Crippen LogP contribution is 2.06. The Hall–Kier alpha value is -0.730. The molecule has 0 aliphatic carbocycles. The number of ether oxygens (including phenoxy) is 1. The van der Waals surface area contributed by atoms with Gasteiger partial charge in [0.25, 0.3) is 0 Å². The second kappa shape index (κ2) is 9.36. The molecule has 0 saturated heterocycles. The fourth-order valence-electron chi connectivity index (χ4n) is 1.17. The molecule has 0 N–H and O–H groups in total. The Morgan fingerprint density at radius 1 is 1.08 bits per heavy atom. The van der Waals surface area contributed by atoms with Gasteiger partial charge in [0.2, 0.25) is 5.90 Å². The van der Waals surface area contributed by atoms with Crippen molar-refractivity contribution in [1.82, 2.24) is 0 Å². The minimum Gasteiger partial charge on any atom is -0.482 e. The molecule has 0 aliphatic heterocycles. The van der Waals surface area contributed by atoms with Crippen LogP contribution in [0.25, 0.3) is 0 Å². The van der Waals surface area contributed by atoms with Gasteiger partial charge in [0.1, 0.15) is 7.11 Å². The molecule has 0 unspecified atom stereocenters. The van der Waals surface area contributed by atoms with E-state index in [0.717, 1.165) is 12.8 Å². The summed E-state index contributed by atoms with van der Waals surface area (Å²) in [5.41, 5.74) is 0. The summed E-state index contributed by atoms with van der Waals surface area (Å²) in [6, 6.07) is 0. The molecule has 0 atom stereocenters. The van der Waals surface area contributed by atoms with Crippen molar-refractivity contribution in [3.05, 3.63) is 0 Å². The van der Waals surface area contributed by atoms with Crippen LogP contribution in [0.5, 0.6) is 0 Å². The van der Waals surface area contributed by atoms with Crippen molar-refractivity contribution in [2.75, 3.05) is 14.2 Å². The van der Waals surface area contributed by atoms with Gasteiger partial charge >= 0.3 is 0 Å². The molecule has 3 nitrogen and oxygen atoms in total. The lowest BCUT2D eigenvalue weighted by Gasteiger charge is -2.03. The minimum absolute atomic E-state index is 0.694. The first-order valence-electron chi connectivity index (χ1n) is 4.99. The van der Waals surface area contributed by atoms with Crippen molar-refractivity contribution in [1.29, 1.82) is 0 Å². The van der Waals surface area contributed by atoms with Gasteiger partial charge in [0.15, 0.2) is 0 Å². The summed E-state index contributed by atoms with van der Waals surface area (Å²) in [6.45, 7) is 2.22. The lowest BCUT2D eigenvalue weighted by molar-refractivity contribution is 0.196. The summed E-state index contributed by atoms with van der Waals surface area (Å²) in [7, 11) is 3.17. The highest BCUT2D eigenvalue weighted by Gasteiger charge is 1.98. The number of unbranched alkanes of at least 4 members (excludes halogenated alkanes) is 4. The number of nitrogens with zero attached hydrogens (tertiary/aromatic N) is 1. The number of hydrogen-bond donors (Lipinski definition) is 0. The van der Waals surface area contributed by atoms with E-state index in [0.29, 0.717) is 5.90 Å². The summed E-state index contributed by atoms with van der Waals surface area (Å²) >= 11 is 0. The van der Waals surface area contributed by atoms with Crippen molar-refractivity contribution >= 4 is 5.90 Å². The molecule has 13 heavy (non-hydrogen) atoms. The van der Waals surface area contributed by atoms with E-state index in [1.54, 1.807) is 7.11 Å². The van der Waals surface area contributed by atoms with E-state index in [1.807, 2.05) is 0 Å². The first kappa shape index (κ1) is 12.3. The lowest BCUT2D eigenvalue weighted by atomic mass is 10.1. The third-order valence-electron chi connectivity index (χ3n) is 1.92. The number of hydrogen-bond acceptors (Lipinski definition) is 3. The van der Waals surface area contributed by atoms with E-state index in [1.165, 1.54) is 32.8 Å². The smallest absolute Gasteiger partial charge is 0.225 e. The zero-order chi connectivity index (χ0) is 9.94. The van der Waals surface area contributed by atoms with Crippen LogP contribution >= 0.6 is 0 Å². The predicted molar refractivity (Wildman–Crippen MR) is 54.8 cm³/mol. The number of oxime groups is 1. The van der Waals surface area contributed by atoms with Gasteiger partial charge < -0.3 is 9.57 Å². The molecular formula is C10H21NO2. The molecule has 0 saturated carbocycles. The molecule has 0 aromatic heterocycles. The maximum absolute atomic E-state index is 5.02. The Morgan fingerprint density at radius 2 is 1.77 bits per heavy atom. The van der Waals surface area contributed by atoms with Crippen LogP contribution in [0.2, 0.25) is 0 Å². The van der Waals surface area contributed by atoms with Gasteiger partial charge in [-0.1, -0.05) is 37.8 Å². The zero-order valence-electron chi connectivity index (χ0n) is 9.01. The molecule has 78 valence electrons. The molecule has 0 aromatic rings. The Labute approximate surface area is 81.1 Å². The van der Waals surface area contributed by atoms with Crippen LogP contribution in [0.15, 0.2) is 5.16 Å². The van der Waals surface area contributed by atoms with Gasteiger partial charge in [-0.3, -0.25) is 0 Å². The maximum Gasteiger partial charge on any atom is 0.225 e. The minimum atomic E-state index is 0.694. The van der Waals surface area contributed by atoms with Crippen molar-refractivity contribution in [2.24, 2.45) is 5.16 Å². The monoisotopic (exact) mass is 187 g/mol. The summed E-state index contributed by atoms with van der Waals surface area (Å²) < 4.78 is 5.02. The van der Waals surface area contributed by atoms with Crippen LogP contribution in [0.4, 0.5) is 0 Å². The van der Waals surface area contributed by atoms with Gasteiger partial charge in [-0.25, -0.2) is 0 Å². The first-order valence-corrected chi connectivity index (χ1v) is 4.99. The Kier molecular flexibility index (Phi) is 8.83. The highest BCUT2D eigenvalue weighted by atomic mass is 16.6. The van der Waals surface area contributed by atoms with E-state index >= 15 is 0 Å². The van der Waals surface area contributed by atoms with Gasteiger partial charge in [0.05, 0.1) is 7.11 Å². The highest BCUT2D eigenvalue weighted by molar-refractivity contribution is 5.75. The molecule has 0 bridgehead atoms. The predicted octanol–water partition coefficient (Wildman–Crippen LogP) is 2.95. The molecule has 0 rings (SSSR count). The standard InChI is InChI=1S/C10H21NO2/c1-4-5-6-7-8-9-10(12-2)11-13-3/h4-9H2,1-3H3. The molecule has 0 aliphatic rings. The molecule has 0 heterocycles. The average Bonchev–Trinajstić information content (AvgIpc) is 2.16. The quantitative estimate of drug-likeness (QED) is 0.265. The SMILES string of the molecule is CCCCCCCC(=NOC)OC. The first-order chi connectivity index (χ1) is 6.35. The normalized spacial score (nSPS) is 11.5. The van der Waals surface area contributed by atoms with E-state index in [-0.39, 0.29) is 0 Å².